The monoisotopic (exact) mass is 418 g/mol. The zero-order chi connectivity index (χ0) is 21.7. The summed E-state index contributed by atoms with van der Waals surface area (Å²) in [6.45, 7) is 2.43. The number of pyridine rings is 1. The van der Waals surface area contributed by atoms with E-state index in [0.29, 0.717) is 29.8 Å². The predicted molar refractivity (Wildman–Crippen MR) is 113 cm³/mol. The molecule has 0 aliphatic carbocycles. The highest BCUT2D eigenvalue weighted by Gasteiger charge is 2.33. The number of carbonyl (C=O) groups excluding carboxylic acids is 1. The van der Waals surface area contributed by atoms with Crippen LogP contribution in [0.3, 0.4) is 0 Å². The van der Waals surface area contributed by atoms with Crippen molar-refractivity contribution in [2.24, 2.45) is 7.05 Å². The van der Waals surface area contributed by atoms with Crippen LogP contribution in [0.1, 0.15) is 34.6 Å². The summed E-state index contributed by atoms with van der Waals surface area (Å²) in [6.07, 6.45) is 2.28. The van der Waals surface area contributed by atoms with E-state index in [-0.39, 0.29) is 11.9 Å². The fourth-order valence-corrected chi connectivity index (χ4v) is 4.45. The van der Waals surface area contributed by atoms with Gasteiger partial charge in [0.05, 0.1) is 22.9 Å². The average molecular weight is 418 g/mol. The molecule has 3 heterocycles. The predicted octanol–water partition coefficient (Wildman–Crippen LogP) is 4.67. The van der Waals surface area contributed by atoms with Crippen LogP contribution in [-0.2, 0) is 13.5 Å². The van der Waals surface area contributed by atoms with Gasteiger partial charge >= 0.3 is 0 Å². The van der Waals surface area contributed by atoms with Crippen LogP contribution >= 0.6 is 0 Å². The van der Waals surface area contributed by atoms with E-state index in [4.69, 9.17) is 0 Å². The molecule has 0 fully saturated rings. The molecule has 4 aromatic rings. The lowest BCUT2D eigenvalue weighted by molar-refractivity contribution is 0.0674. The van der Waals surface area contributed by atoms with Crippen LogP contribution in [0.15, 0.2) is 54.7 Å². The maximum Gasteiger partial charge on any atom is 0.254 e. The van der Waals surface area contributed by atoms with E-state index in [2.05, 4.69) is 10.1 Å². The van der Waals surface area contributed by atoms with Crippen molar-refractivity contribution in [3.63, 3.8) is 0 Å². The van der Waals surface area contributed by atoms with Crippen molar-refractivity contribution in [1.82, 2.24) is 19.7 Å². The normalized spacial score (nSPS) is 15.9. The summed E-state index contributed by atoms with van der Waals surface area (Å²) in [5, 5.41) is 5.52. The molecule has 0 N–H and O–H groups in total. The van der Waals surface area contributed by atoms with Gasteiger partial charge in [-0.2, -0.15) is 5.10 Å². The van der Waals surface area contributed by atoms with Crippen LogP contribution in [0.5, 0.6) is 0 Å². The summed E-state index contributed by atoms with van der Waals surface area (Å²) in [5.41, 5.74) is 4.24. The second-order valence-electron chi connectivity index (χ2n) is 7.83. The van der Waals surface area contributed by atoms with Gasteiger partial charge in [-0.25, -0.2) is 8.78 Å². The summed E-state index contributed by atoms with van der Waals surface area (Å²) in [6, 6.07) is 12.5. The minimum absolute atomic E-state index is 0.0760. The van der Waals surface area contributed by atoms with Gasteiger partial charge < -0.3 is 4.90 Å². The highest BCUT2D eigenvalue weighted by Crippen LogP contribution is 2.36. The van der Waals surface area contributed by atoms with Gasteiger partial charge in [0.25, 0.3) is 5.91 Å². The van der Waals surface area contributed by atoms with Gasteiger partial charge in [-0.15, -0.1) is 0 Å². The quantitative estimate of drug-likeness (QED) is 0.475. The number of amides is 1. The number of aromatic nitrogens is 3. The lowest BCUT2D eigenvalue weighted by Crippen LogP contribution is -2.38. The first-order chi connectivity index (χ1) is 14.9. The molecule has 1 aliphatic rings. The number of nitrogens with zero attached hydrogens (tertiary/aromatic N) is 4. The van der Waals surface area contributed by atoms with Crippen LogP contribution < -0.4 is 0 Å². The molecule has 5 nitrogen and oxygen atoms in total. The molecular formula is C24H20F2N4O. The second kappa shape index (κ2) is 7.27. The SMILES string of the molecule is C[C@H]1c2nn(C)c(-c3cc(F)cc(F)c3)c2CCN1C(=O)c1ccc2ncccc2c1. The molecule has 2 aromatic heterocycles. The van der Waals surface area contributed by atoms with Crippen LogP contribution in [0.2, 0.25) is 0 Å². The third-order valence-electron chi connectivity index (χ3n) is 5.89. The minimum atomic E-state index is -0.628. The van der Waals surface area contributed by atoms with E-state index in [0.717, 1.165) is 28.2 Å². The lowest BCUT2D eigenvalue weighted by Gasteiger charge is -2.33. The molecule has 5 rings (SSSR count). The smallest absolute Gasteiger partial charge is 0.254 e. The first kappa shape index (κ1) is 19.4. The molecule has 7 heteroatoms. The van der Waals surface area contributed by atoms with E-state index in [1.165, 1.54) is 12.1 Å². The van der Waals surface area contributed by atoms with Crippen molar-refractivity contribution in [2.75, 3.05) is 6.54 Å². The Hall–Kier alpha value is -3.61. The van der Waals surface area contributed by atoms with Crippen LogP contribution in [0.25, 0.3) is 22.2 Å². The Morgan fingerprint density at radius 3 is 2.65 bits per heavy atom. The van der Waals surface area contributed by atoms with Crippen molar-refractivity contribution < 1.29 is 13.6 Å². The number of hydrogen-bond donors (Lipinski definition) is 0. The van der Waals surface area contributed by atoms with Crippen molar-refractivity contribution in [2.45, 2.75) is 19.4 Å². The molecule has 1 aliphatic heterocycles. The van der Waals surface area contributed by atoms with Gasteiger partial charge in [0.1, 0.15) is 11.6 Å². The van der Waals surface area contributed by atoms with E-state index in [1.54, 1.807) is 28.9 Å². The number of rotatable bonds is 2. The Labute approximate surface area is 177 Å². The van der Waals surface area contributed by atoms with Gasteiger partial charge in [0.2, 0.25) is 0 Å². The molecule has 1 amide bonds. The summed E-state index contributed by atoms with van der Waals surface area (Å²) < 4.78 is 29.2. The van der Waals surface area contributed by atoms with E-state index >= 15 is 0 Å². The first-order valence-corrected chi connectivity index (χ1v) is 10.1. The molecule has 31 heavy (non-hydrogen) atoms. The molecule has 0 bridgehead atoms. The fraction of sp³-hybridized carbons (Fsp3) is 0.208. The van der Waals surface area contributed by atoms with Gasteiger partial charge in [-0.05, 0) is 49.7 Å². The van der Waals surface area contributed by atoms with Crippen LogP contribution in [0.4, 0.5) is 8.78 Å². The molecule has 0 spiro atoms. The maximum absolute atomic E-state index is 13.8. The van der Waals surface area contributed by atoms with Crippen molar-refractivity contribution >= 4 is 16.8 Å². The number of carbonyl (C=O) groups is 1. The molecule has 2 aromatic carbocycles. The molecule has 0 saturated carbocycles. The second-order valence-corrected chi connectivity index (χ2v) is 7.83. The Morgan fingerprint density at radius 2 is 1.87 bits per heavy atom. The number of fused-ring (bicyclic) bond motifs is 2. The Bertz CT molecular complexity index is 1310. The molecule has 156 valence electrons. The number of aryl methyl sites for hydroxylation is 1. The van der Waals surface area contributed by atoms with Crippen molar-refractivity contribution in [1.29, 1.82) is 0 Å². The van der Waals surface area contributed by atoms with E-state index in [1.807, 2.05) is 31.2 Å². The summed E-state index contributed by atoms with van der Waals surface area (Å²) >= 11 is 0. The van der Waals surface area contributed by atoms with Gasteiger partial charge in [0, 0.05) is 47.9 Å². The number of hydrogen-bond acceptors (Lipinski definition) is 3. The zero-order valence-corrected chi connectivity index (χ0v) is 17.1. The van der Waals surface area contributed by atoms with Crippen molar-refractivity contribution in [3.05, 3.63) is 83.2 Å². The van der Waals surface area contributed by atoms with Gasteiger partial charge in [0.15, 0.2) is 0 Å². The minimum Gasteiger partial charge on any atom is -0.330 e. The third-order valence-corrected chi connectivity index (χ3v) is 5.89. The molecule has 0 radical (unpaired) electrons. The summed E-state index contributed by atoms with van der Waals surface area (Å²) in [5.74, 6) is -1.33. The first-order valence-electron chi connectivity index (χ1n) is 10.1. The van der Waals surface area contributed by atoms with Crippen molar-refractivity contribution in [3.8, 4) is 11.3 Å². The topological polar surface area (TPSA) is 51.0 Å². The molecule has 0 saturated heterocycles. The number of halogens is 2. The van der Waals surface area contributed by atoms with E-state index < -0.39 is 11.6 Å². The maximum atomic E-state index is 13.8. The molecule has 0 unspecified atom stereocenters. The Balaban J connectivity index is 1.50. The van der Waals surface area contributed by atoms with Gasteiger partial charge in [-0.1, -0.05) is 6.07 Å². The average Bonchev–Trinajstić information content (AvgIpc) is 3.09. The number of benzene rings is 2. The Kier molecular flexibility index (Phi) is 4.54. The van der Waals surface area contributed by atoms with Gasteiger partial charge in [-0.3, -0.25) is 14.5 Å². The molecular weight excluding hydrogens is 398 g/mol. The zero-order valence-electron chi connectivity index (χ0n) is 17.1. The molecule has 1 atom stereocenters. The fourth-order valence-electron chi connectivity index (χ4n) is 4.45. The standard InChI is InChI=1S/C24H20F2N4O/c1-14-22-20(23(29(2)28-22)17-11-18(25)13-19(26)12-17)7-9-30(14)24(31)16-5-6-21-15(10-16)4-3-8-27-21/h3-6,8,10-14H,7,9H2,1-2H3/t14-/m0/s1. The third kappa shape index (κ3) is 3.26. The Morgan fingerprint density at radius 1 is 1.10 bits per heavy atom. The summed E-state index contributed by atoms with van der Waals surface area (Å²) in [7, 11) is 1.76. The highest BCUT2D eigenvalue weighted by molar-refractivity contribution is 5.98. The van der Waals surface area contributed by atoms with Crippen LogP contribution in [-0.4, -0.2) is 32.1 Å². The highest BCUT2D eigenvalue weighted by atomic mass is 19.1. The lowest BCUT2D eigenvalue weighted by atomic mass is 9.95. The van der Waals surface area contributed by atoms with E-state index in [9.17, 15) is 13.6 Å². The summed E-state index contributed by atoms with van der Waals surface area (Å²) in [4.78, 5) is 19.4. The largest absolute Gasteiger partial charge is 0.330 e. The van der Waals surface area contributed by atoms with Crippen LogP contribution in [0, 0.1) is 11.6 Å².